The van der Waals surface area contributed by atoms with E-state index >= 15 is 0 Å². The van der Waals surface area contributed by atoms with Crippen LogP contribution in [0, 0.1) is 6.92 Å². The first-order valence-corrected chi connectivity index (χ1v) is 6.31. The molecule has 1 heterocycles. The summed E-state index contributed by atoms with van der Waals surface area (Å²) in [4.78, 5) is 17.3. The van der Waals surface area contributed by atoms with Crippen molar-refractivity contribution in [3.63, 3.8) is 0 Å². The molecule has 0 spiro atoms. The van der Waals surface area contributed by atoms with Gasteiger partial charge in [-0.15, -0.1) is 0 Å². The van der Waals surface area contributed by atoms with Crippen molar-refractivity contribution in [3.05, 3.63) is 65.4 Å². The molecule has 0 saturated carbocycles. The highest BCUT2D eigenvalue weighted by Crippen LogP contribution is 2.41. The molecule has 0 fully saturated rings. The molecule has 3 aromatic rings. The third-order valence-electron chi connectivity index (χ3n) is 3.74. The molecular formula is C17H11NO. The van der Waals surface area contributed by atoms with Gasteiger partial charge in [0.1, 0.15) is 0 Å². The van der Waals surface area contributed by atoms with Crippen LogP contribution in [-0.4, -0.2) is 10.8 Å². The molecule has 2 aromatic carbocycles. The van der Waals surface area contributed by atoms with Crippen LogP contribution < -0.4 is 0 Å². The maximum absolute atomic E-state index is 12.6. The molecule has 1 aromatic heterocycles. The molecule has 1 aliphatic carbocycles. The number of aryl methyl sites for hydroxylation is 1. The van der Waals surface area contributed by atoms with E-state index < -0.39 is 0 Å². The van der Waals surface area contributed by atoms with Crippen molar-refractivity contribution >= 4 is 16.7 Å². The SMILES string of the molecule is Cc1nc2ccccc2c2c1-c1ccccc1C2=O. The van der Waals surface area contributed by atoms with E-state index in [1.165, 1.54) is 0 Å². The minimum atomic E-state index is 0.118. The third-order valence-corrected chi connectivity index (χ3v) is 3.74. The molecule has 0 saturated heterocycles. The number of benzene rings is 2. The highest BCUT2D eigenvalue weighted by atomic mass is 16.1. The van der Waals surface area contributed by atoms with E-state index in [0.29, 0.717) is 0 Å². The number of hydrogen-bond donors (Lipinski definition) is 0. The molecule has 2 heteroatoms. The van der Waals surface area contributed by atoms with Crippen LogP contribution >= 0.6 is 0 Å². The molecule has 2 nitrogen and oxygen atoms in total. The van der Waals surface area contributed by atoms with Gasteiger partial charge in [-0.1, -0.05) is 42.5 Å². The van der Waals surface area contributed by atoms with Gasteiger partial charge in [0, 0.05) is 27.8 Å². The van der Waals surface area contributed by atoms with Gasteiger partial charge in [0.15, 0.2) is 5.78 Å². The van der Waals surface area contributed by atoms with Crippen molar-refractivity contribution in [2.75, 3.05) is 0 Å². The predicted octanol–water partition coefficient (Wildman–Crippen LogP) is 3.75. The number of fused-ring (bicyclic) bond motifs is 5. The van der Waals surface area contributed by atoms with Crippen LogP contribution in [-0.2, 0) is 0 Å². The zero-order chi connectivity index (χ0) is 13.0. The molecule has 0 radical (unpaired) electrons. The molecule has 19 heavy (non-hydrogen) atoms. The van der Waals surface area contributed by atoms with E-state index in [1.807, 2.05) is 55.5 Å². The highest BCUT2D eigenvalue weighted by Gasteiger charge is 2.30. The first-order valence-electron chi connectivity index (χ1n) is 6.31. The average molecular weight is 245 g/mol. The Labute approximate surface area is 110 Å². The van der Waals surface area contributed by atoms with E-state index in [4.69, 9.17) is 0 Å². The molecule has 0 atom stereocenters. The molecule has 0 aliphatic heterocycles. The minimum Gasteiger partial charge on any atom is -0.289 e. The van der Waals surface area contributed by atoms with Crippen molar-refractivity contribution in [1.82, 2.24) is 4.98 Å². The first kappa shape index (κ1) is 10.4. The lowest BCUT2D eigenvalue weighted by Crippen LogP contribution is -1.98. The fourth-order valence-electron chi connectivity index (χ4n) is 2.93. The number of carbonyl (C=O) groups is 1. The topological polar surface area (TPSA) is 30.0 Å². The third kappa shape index (κ3) is 1.26. The highest BCUT2D eigenvalue weighted by molar-refractivity contribution is 6.27. The second kappa shape index (κ2) is 3.51. The molecule has 0 unspecified atom stereocenters. The molecule has 1 aliphatic rings. The number of para-hydroxylation sites is 1. The van der Waals surface area contributed by atoms with E-state index in [0.717, 1.165) is 38.9 Å². The summed E-state index contributed by atoms with van der Waals surface area (Å²) in [5, 5.41) is 0.948. The van der Waals surface area contributed by atoms with Crippen LogP contribution in [0.2, 0.25) is 0 Å². The van der Waals surface area contributed by atoms with Gasteiger partial charge in [0.2, 0.25) is 0 Å². The summed E-state index contributed by atoms with van der Waals surface area (Å²) in [5.74, 6) is 0.118. The number of pyridine rings is 1. The molecule has 0 amide bonds. The van der Waals surface area contributed by atoms with Crippen molar-refractivity contribution in [1.29, 1.82) is 0 Å². The predicted molar refractivity (Wildman–Crippen MR) is 75.3 cm³/mol. The van der Waals surface area contributed by atoms with Crippen molar-refractivity contribution < 1.29 is 4.79 Å². The second-order valence-corrected chi connectivity index (χ2v) is 4.84. The zero-order valence-corrected chi connectivity index (χ0v) is 10.5. The number of rotatable bonds is 0. The van der Waals surface area contributed by atoms with E-state index in [1.54, 1.807) is 0 Å². The summed E-state index contributed by atoms with van der Waals surface area (Å²) < 4.78 is 0. The maximum Gasteiger partial charge on any atom is 0.195 e. The number of nitrogens with zero attached hydrogens (tertiary/aromatic N) is 1. The summed E-state index contributed by atoms with van der Waals surface area (Å²) >= 11 is 0. The quantitative estimate of drug-likeness (QED) is 0.472. The average Bonchev–Trinajstić information content (AvgIpc) is 2.74. The largest absolute Gasteiger partial charge is 0.289 e. The van der Waals surface area contributed by atoms with E-state index in [2.05, 4.69) is 4.98 Å². The summed E-state index contributed by atoms with van der Waals surface area (Å²) in [7, 11) is 0. The molecule has 4 rings (SSSR count). The summed E-state index contributed by atoms with van der Waals surface area (Å²) in [6.45, 7) is 1.97. The maximum atomic E-state index is 12.6. The van der Waals surface area contributed by atoms with Gasteiger partial charge in [-0.2, -0.15) is 0 Å². The standard InChI is InChI=1S/C17H11NO/c1-10-15-11-6-2-3-7-12(11)17(19)16(15)13-8-4-5-9-14(13)18-10/h2-9H,1H3. The lowest BCUT2D eigenvalue weighted by atomic mass is 10.0. The van der Waals surface area contributed by atoms with Crippen LogP contribution in [0.5, 0.6) is 0 Å². The van der Waals surface area contributed by atoms with Crippen LogP contribution in [0.25, 0.3) is 22.0 Å². The molecule has 90 valence electrons. The normalized spacial score (nSPS) is 12.6. The van der Waals surface area contributed by atoms with Gasteiger partial charge in [0.05, 0.1) is 5.52 Å². The Bertz CT molecular complexity index is 849. The van der Waals surface area contributed by atoms with Gasteiger partial charge in [-0.25, -0.2) is 0 Å². The number of hydrogen-bond acceptors (Lipinski definition) is 2. The van der Waals surface area contributed by atoms with Gasteiger partial charge >= 0.3 is 0 Å². The van der Waals surface area contributed by atoms with Gasteiger partial charge < -0.3 is 0 Å². The Morgan fingerprint density at radius 1 is 0.842 bits per heavy atom. The molecule has 0 N–H and O–H groups in total. The van der Waals surface area contributed by atoms with E-state index in [9.17, 15) is 4.79 Å². The monoisotopic (exact) mass is 245 g/mol. The summed E-state index contributed by atoms with van der Waals surface area (Å²) in [5.41, 5.74) is 5.42. The smallest absolute Gasteiger partial charge is 0.195 e. The lowest BCUT2D eigenvalue weighted by molar-refractivity contribution is 0.104. The van der Waals surface area contributed by atoms with Crippen LogP contribution in [0.4, 0.5) is 0 Å². The van der Waals surface area contributed by atoms with Gasteiger partial charge in [0.25, 0.3) is 0 Å². The molecular weight excluding hydrogens is 234 g/mol. The van der Waals surface area contributed by atoms with Gasteiger partial charge in [-0.05, 0) is 18.6 Å². The number of ketones is 1. The number of aromatic nitrogens is 1. The van der Waals surface area contributed by atoms with Crippen molar-refractivity contribution in [3.8, 4) is 11.1 Å². The van der Waals surface area contributed by atoms with Crippen molar-refractivity contribution in [2.24, 2.45) is 0 Å². The number of carbonyl (C=O) groups excluding carboxylic acids is 1. The van der Waals surface area contributed by atoms with E-state index in [-0.39, 0.29) is 5.78 Å². The Hall–Kier alpha value is -2.48. The van der Waals surface area contributed by atoms with Gasteiger partial charge in [-0.3, -0.25) is 9.78 Å². The summed E-state index contributed by atoms with van der Waals surface area (Å²) in [6.07, 6.45) is 0. The fourth-order valence-corrected chi connectivity index (χ4v) is 2.93. The van der Waals surface area contributed by atoms with Crippen LogP contribution in [0.1, 0.15) is 21.6 Å². The lowest BCUT2D eigenvalue weighted by Gasteiger charge is -2.07. The Balaban J connectivity index is 2.23. The Morgan fingerprint density at radius 3 is 2.37 bits per heavy atom. The Morgan fingerprint density at radius 2 is 1.53 bits per heavy atom. The fraction of sp³-hybridized carbons (Fsp3) is 0.0588. The second-order valence-electron chi connectivity index (χ2n) is 4.84. The Kier molecular flexibility index (Phi) is 1.93. The zero-order valence-electron chi connectivity index (χ0n) is 10.5. The van der Waals surface area contributed by atoms with Crippen LogP contribution in [0.15, 0.2) is 48.5 Å². The molecule has 0 bridgehead atoms. The first-order chi connectivity index (χ1) is 9.27. The summed E-state index contributed by atoms with van der Waals surface area (Å²) in [6, 6.07) is 15.6. The minimum absolute atomic E-state index is 0.118. The van der Waals surface area contributed by atoms with Crippen molar-refractivity contribution in [2.45, 2.75) is 6.92 Å². The van der Waals surface area contributed by atoms with Crippen LogP contribution in [0.3, 0.4) is 0 Å².